The average molecular weight is 240 g/mol. The van der Waals surface area contributed by atoms with Crippen LogP contribution in [-0.2, 0) is 11.2 Å². The van der Waals surface area contributed by atoms with Crippen LogP contribution in [0.4, 0.5) is 11.5 Å². The topological polar surface area (TPSA) is 66.3 Å². The minimum absolute atomic E-state index is 0.00555. The van der Waals surface area contributed by atoms with Crippen molar-refractivity contribution in [3.05, 3.63) is 11.8 Å². The van der Waals surface area contributed by atoms with Gasteiger partial charge in [0, 0.05) is 26.8 Å². The zero-order valence-corrected chi connectivity index (χ0v) is 11.2. The number of anilines is 2. The Hall–Kier alpha value is -1.20. The predicted molar refractivity (Wildman–Crippen MR) is 72.6 cm³/mol. The Balaban J connectivity index is 2.80. The van der Waals surface area contributed by atoms with E-state index in [1.807, 2.05) is 27.2 Å². The summed E-state index contributed by atoms with van der Waals surface area (Å²) in [5.41, 5.74) is 7.85. The number of nitrogens with zero attached hydrogens (tertiary/aromatic N) is 1. The first-order valence-corrected chi connectivity index (χ1v) is 6.08. The molecule has 1 heterocycles. The van der Waals surface area contributed by atoms with E-state index in [0.717, 1.165) is 17.9 Å². The molecular weight excluding hydrogens is 216 g/mol. The number of nitrogens with two attached hydrogens (primary N) is 1. The Labute approximate surface area is 103 Å². The van der Waals surface area contributed by atoms with Gasteiger partial charge in [0.25, 0.3) is 0 Å². The SMILES string of the molecule is CCc1c[nH]c(N(C)C(C)OCCN)c1NC. The zero-order valence-electron chi connectivity index (χ0n) is 11.2. The third kappa shape index (κ3) is 3.14. The Morgan fingerprint density at radius 1 is 1.59 bits per heavy atom. The first-order chi connectivity index (χ1) is 8.15. The van der Waals surface area contributed by atoms with E-state index in [1.165, 1.54) is 5.56 Å². The van der Waals surface area contributed by atoms with Gasteiger partial charge in [0.15, 0.2) is 0 Å². The Kier molecular flexibility index (Phi) is 5.31. The molecule has 17 heavy (non-hydrogen) atoms. The van der Waals surface area contributed by atoms with Crippen molar-refractivity contribution in [2.45, 2.75) is 26.5 Å². The molecule has 1 unspecified atom stereocenters. The molecule has 1 aromatic heterocycles. The molecule has 0 saturated carbocycles. The fraction of sp³-hybridized carbons (Fsp3) is 0.667. The summed E-state index contributed by atoms with van der Waals surface area (Å²) >= 11 is 0. The summed E-state index contributed by atoms with van der Waals surface area (Å²) in [6, 6.07) is 0. The molecule has 0 aliphatic heterocycles. The van der Waals surface area contributed by atoms with E-state index in [9.17, 15) is 0 Å². The van der Waals surface area contributed by atoms with Crippen molar-refractivity contribution in [3.8, 4) is 0 Å². The van der Waals surface area contributed by atoms with Crippen molar-refractivity contribution < 1.29 is 4.74 Å². The van der Waals surface area contributed by atoms with Crippen molar-refractivity contribution in [1.29, 1.82) is 0 Å². The number of hydrogen-bond donors (Lipinski definition) is 3. The van der Waals surface area contributed by atoms with Gasteiger partial charge in [-0.3, -0.25) is 0 Å². The van der Waals surface area contributed by atoms with Gasteiger partial charge in [0.2, 0.25) is 0 Å². The van der Waals surface area contributed by atoms with Gasteiger partial charge in [-0.05, 0) is 18.9 Å². The lowest BCUT2D eigenvalue weighted by atomic mass is 10.2. The number of ether oxygens (including phenoxy) is 1. The lowest BCUT2D eigenvalue weighted by Gasteiger charge is -2.26. The smallest absolute Gasteiger partial charge is 0.131 e. The number of rotatable bonds is 7. The molecule has 0 saturated heterocycles. The maximum atomic E-state index is 5.60. The van der Waals surface area contributed by atoms with Gasteiger partial charge in [-0.25, -0.2) is 0 Å². The maximum absolute atomic E-state index is 5.60. The summed E-state index contributed by atoms with van der Waals surface area (Å²) in [6.07, 6.45) is 3.03. The molecule has 0 aliphatic rings. The predicted octanol–water partition coefficient (Wildman–Crippen LogP) is 1.38. The van der Waals surface area contributed by atoms with Crippen LogP contribution in [-0.4, -0.2) is 38.5 Å². The lowest BCUT2D eigenvalue weighted by molar-refractivity contribution is 0.0724. The lowest BCUT2D eigenvalue weighted by Crippen LogP contribution is -2.33. The van der Waals surface area contributed by atoms with Crippen LogP contribution < -0.4 is 16.0 Å². The first-order valence-electron chi connectivity index (χ1n) is 6.08. The van der Waals surface area contributed by atoms with Gasteiger partial charge in [0.1, 0.15) is 12.0 Å². The van der Waals surface area contributed by atoms with Crippen molar-refractivity contribution in [3.63, 3.8) is 0 Å². The van der Waals surface area contributed by atoms with Crippen LogP contribution in [0.15, 0.2) is 6.20 Å². The molecule has 4 N–H and O–H groups in total. The second-order valence-corrected chi connectivity index (χ2v) is 4.01. The second kappa shape index (κ2) is 6.51. The van der Waals surface area contributed by atoms with Crippen LogP contribution in [0.3, 0.4) is 0 Å². The summed E-state index contributed by atoms with van der Waals surface area (Å²) in [6.45, 7) is 5.27. The quantitative estimate of drug-likeness (QED) is 0.630. The fourth-order valence-electron chi connectivity index (χ4n) is 1.82. The average Bonchev–Trinajstić information content (AvgIpc) is 2.77. The van der Waals surface area contributed by atoms with E-state index < -0.39 is 0 Å². The number of aryl methyl sites for hydroxylation is 1. The Morgan fingerprint density at radius 3 is 2.82 bits per heavy atom. The number of hydrogen-bond acceptors (Lipinski definition) is 4. The number of aromatic nitrogens is 1. The highest BCUT2D eigenvalue weighted by atomic mass is 16.5. The van der Waals surface area contributed by atoms with E-state index in [0.29, 0.717) is 13.2 Å². The number of H-pyrrole nitrogens is 1. The molecule has 0 fully saturated rings. The maximum Gasteiger partial charge on any atom is 0.131 e. The van der Waals surface area contributed by atoms with Crippen LogP contribution >= 0.6 is 0 Å². The zero-order chi connectivity index (χ0) is 12.8. The van der Waals surface area contributed by atoms with E-state index in [4.69, 9.17) is 10.5 Å². The van der Waals surface area contributed by atoms with Crippen molar-refractivity contribution in [1.82, 2.24) is 4.98 Å². The summed E-state index contributed by atoms with van der Waals surface area (Å²) in [5, 5.41) is 3.23. The highest BCUT2D eigenvalue weighted by Gasteiger charge is 2.17. The molecule has 1 atom stereocenters. The molecule has 0 bridgehead atoms. The van der Waals surface area contributed by atoms with Gasteiger partial charge >= 0.3 is 0 Å². The number of nitrogens with one attached hydrogen (secondary N) is 2. The summed E-state index contributed by atoms with van der Waals surface area (Å²) in [5.74, 6) is 1.05. The van der Waals surface area contributed by atoms with Crippen LogP contribution in [0.25, 0.3) is 0 Å². The minimum Gasteiger partial charge on any atom is -0.385 e. The van der Waals surface area contributed by atoms with E-state index in [2.05, 4.69) is 22.1 Å². The van der Waals surface area contributed by atoms with Gasteiger partial charge in [0.05, 0.1) is 12.3 Å². The summed E-state index contributed by atoms with van der Waals surface area (Å²) in [7, 11) is 3.94. The molecule has 0 aliphatic carbocycles. The molecule has 1 aromatic rings. The van der Waals surface area contributed by atoms with Crippen molar-refractivity contribution >= 4 is 11.5 Å². The Morgan fingerprint density at radius 2 is 2.29 bits per heavy atom. The molecule has 98 valence electrons. The van der Waals surface area contributed by atoms with Crippen LogP contribution in [0.1, 0.15) is 19.4 Å². The molecule has 0 amide bonds. The second-order valence-electron chi connectivity index (χ2n) is 4.01. The fourth-order valence-corrected chi connectivity index (χ4v) is 1.82. The Bertz CT molecular complexity index is 337. The van der Waals surface area contributed by atoms with Crippen LogP contribution in [0.5, 0.6) is 0 Å². The van der Waals surface area contributed by atoms with Gasteiger partial charge in [-0.2, -0.15) is 0 Å². The third-order valence-corrected chi connectivity index (χ3v) is 2.95. The van der Waals surface area contributed by atoms with Gasteiger partial charge in [-0.1, -0.05) is 6.92 Å². The summed E-state index contributed by atoms with van der Waals surface area (Å²) < 4.78 is 5.60. The van der Waals surface area contributed by atoms with E-state index in [-0.39, 0.29) is 6.23 Å². The third-order valence-electron chi connectivity index (χ3n) is 2.95. The van der Waals surface area contributed by atoms with Crippen molar-refractivity contribution in [2.24, 2.45) is 5.73 Å². The molecular formula is C12H24N4O. The summed E-state index contributed by atoms with van der Waals surface area (Å²) in [4.78, 5) is 5.36. The monoisotopic (exact) mass is 240 g/mol. The van der Waals surface area contributed by atoms with Gasteiger partial charge in [-0.15, -0.1) is 0 Å². The highest BCUT2D eigenvalue weighted by Crippen LogP contribution is 2.29. The molecule has 0 aromatic carbocycles. The first kappa shape index (κ1) is 13.9. The molecule has 0 spiro atoms. The molecule has 1 rings (SSSR count). The standard InChI is InChI=1S/C12H24N4O/c1-5-10-8-15-12(11(10)14-3)16(4)9(2)17-7-6-13/h8-9,14-15H,5-7,13H2,1-4H3. The number of aromatic amines is 1. The van der Waals surface area contributed by atoms with E-state index >= 15 is 0 Å². The van der Waals surface area contributed by atoms with Crippen LogP contribution in [0, 0.1) is 0 Å². The minimum atomic E-state index is -0.00555. The molecule has 5 heteroatoms. The van der Waals surface area contributed by atoms with Gasteiger partial charge < -0.3 is 25.7 Å². The molecule has 0 radical (unpaired) electrons. The van der Waals surface area contributed by atoms with E-state index in [1.54, 1.807) is 0 Å². The van der Waals surface area contributed by atoms with Crippen LogP contribution in [0.2, 0.25) is 0 Å². The normalized spacial score (nSPS) is 12.5. The highest BCUT2D eigenvalue weighted by molar-refractivity contribution is 5.70. The molecule has 5 nitrogen and oxygen atoms in total. The van der Waals surface area contributed by atoms with Crippen molar-refractivity contribution in [2.75, 3.05) is 37.5 Å². The largest absolute Gasteiger partial charge is 0.385 e.